The SMILES string of the molecule is CCOC(=O)Nc1ccccc1-c1ncc2c(Oc3ccc(C(C)(C)CC(C)(C)C)cc3)cc(Nc3ccc(OC)cc3)c3c2c1-c1ccccc1C3=O. The monoisotopic (exact) mass is 719 g/mol. The van der Waals surface area contributed by atoms with Crippen molar-refractivity contribution in [3.05, 3.63) is 126 Å². The summed E-state index contributed by atoms with van der Waals surface area (Å²) in [4.78, 5) is 32.4. The number of fused-ring (bicyclic) bond motifs is 2. The second-order valence-corrected chi connectivity index (χ2v) is 15.4. The van der Waals surface area contributed by atoms with Crippen molar-refractivity contribution in [2.45, 2.75) is 53.4 Å². The number of nitrogens with zero attached hydrogens (tertiary/aromatic N) is 1. The molecule has 0 unspecified atom stereocenters. The van der Waals surface area contributed by atoms with Crippen LogP contribution in [0.25, 0.3) is 33.2 Å². The Morgan fingerprint density at radius 1 is 0.759 bits per heavy atom. The van der Waals surface area contributed by atoms with Gasteiger partial charge in [-0.1, -0.05) is 89.2 Å². The highest BCUT2D eigenvalue weighted by molar-refractivity contribution is 6.30. The Labute approximate surface area is 316 Å². The fourth-order valence-corrected chi connectivity index (χ4v) is 7.73. The molecule has 2 N–H and O–H groups in total. The molecular weight excluding hydrogens is 675 g/mol. The standard InChI is InChI=1S/C46H45N3O5/c1-8-53-44(51)49-36-16-12-11-15-34(36)42-40-32-13-9-10-14-33(32)43(50)41-37(48-29-19-23-30(52-7)24-20-29)25-38(35(26-47-42)39(40)41)54-31-21-17-28(18-22-31)46(5,6)27-45(2,3)4/h9-26,48H,8,27H2,1-7H3,(H,49,51). The number of para-hydroxylation sites is 1. The van der Waals surface area contributed by atoms with Crippen molar-refractivity contribution in [3.63, 3.8) is 0 Å². The van der Waals surface area contributed by atoms with E-state index in [0.29, 0.717) is 56.0 Å². The summed E-state index contributed by atoms with van der Waals surface area (Å²) in [5, 5.41) is 7.79. The number of hydrogen-bond donors (Lipinski definition) is 2. The maximum atomic E-state index is 14.6. The van der Waals surface area contributed by atoms with E-state index in [9.17, 15) is 9.59 Å². The maximum Gasteiger partial charge on any atom is 0.411 e. The third kappa shape index (κ3) is 7.12. The first-order valence-corrected chi connectivity index (χ1v) is 18.2. The predicted molar refractivity (Wildman–Crippen MR) is 217 cm³/mol. The van der Waals surface area contributed by atoms with Crippen molar-refractivity contribution in [2.24, 2.45) is 5.41 Å². The van der Waals surface area contributed by atoms with Crippen LogP contribution in [0.1, 0.15) is 69.4 Å². The number of methoxy groups -OCH3 is 1. The number of ketones is 1. The lowest BCUT2D eigenvalue weighted by molar-refractivity contribution is 0.104. The van der Waals surface area contributed by atoms with Crippen LogP contribution in [0, 0.1) is 5.41 Å². The topological polar surface area (TPSA) is 98.8 Å². The molecule has 274 valence electrons. The van der Waals surface area contributed by atoms with E-state index in [4.69, 9.17) is 19.2 Å². The molecule has 8 heteroatoms. The number of amides is 1. The van der Waals surface area contributed by atoms with Gasteiger partial charge in [0.2, 0.25) is 0 Å². The van der Waals surface area contributed by atoms with Gasteiger partial charge in [-0.15, -0.1) is 0 Å². The van der Waals surface area contributed by atoms with Crippen LogP contribution >= 0.6 is 0 Å². The van der Waals surface area contributed by atoms with Crippen LogP contribution in [-0.4, -0.2) is 30.6 Å². The van der Waals surface area contributed by atoms with Gasteiger partial charge in [-0.3, -0.25) is 15.1 Å². The number of nitrogens with one attached hydrogen (secondary N) is 2. The van der Waals surface area contributed by atoms with Crippen LogP contribution in [0.2, 0.25) is 0 Å². The molecule has 5 aromatic carbocycles. The average Bonchev–Trinajstić information content (AvgIpc) is 3.14. The number of hydrogen-bond acceptors (Lipinski definition) is 7. The molecule has 7 rings (SSSR count). The molecule has 54 heavy (non-hydrogen) atoms. The number of carbonyl (C=O) groups excluding carboxylic acids is 2. The molecule has 0 atom stereocenters. The molecule has 1 aliphatic rings. The minimum absolute atomic E-state index is 0.0288. The summed E-state index contributed by atoms with van der Waals surface area (Å²) in [6.07, 6.45) is 2.22. The third-order valence-corrected chi connectivity index (χ3v) is 9.71. The number of aromatic nitrogens is 1. The van der Waals surface area contributed by atoms with E-state index in [0.717, 1.165) is 29.0 Å². The lowest BCUT2D eigenvalue weighted by Crippen LogP contribution is -2.24. The Morgan fingerprint density at radius 3 is 2.07 bits per heavy atom. The molecule has 1 aromatic heterocycles. The van der Waals surface area contributed by atoms with Crippen molar-refractivity contribution >= 4 is 39.7 Å². The van der Waals surface area contributed by atoms with Crippen molar-refractivity contribution in [2.75, 3.05) is 24.4 Å². The van der Waals surface area contributed by atoms with E-state index in [1.54, 1.807) is 20.2 Å². The summed E-state index contributed by atoms with van der Waals surface area (Å²) in [6, 6.07) is 32.7. The summed E-state index contributed by atoms with van der Waals surface area (Å²) in [7, 11) is 1.63. The first-order valence-electron chi connectivity index (χ1n) is 18.2. The van der Waals surface area contributed by atoms with Crippen LogP contribution in [0.4, 0.5) is 21.9 Å². The molecule has 8 nitrogen and oxygen atoms in total. The zero-order valence-corrected chi connectivity index (χ0v) is 31.8. The first-order chi connectivity index (χ1) is 25.9. The average molecular weight is 720 g/mol. The molecule has 0 bridgehead atoms. The van der Waals surface area contributed by atoms with Gasteiger partial charge in [0.1, 0.15) is 17.2 Å². The van der Waals surface area contributed by atoms with Crippen LogP contribution < -0.4 is 20.1 Å². The quantitative estimate of drug-likeness (QED) is 0.145. The fourth-order valence-electron chi connectivity index (χ4n) is 7.73. The molecule has 0 spiro atoms. The van der Waals surface area contributed by atoms with Gasteiger partial charge in [0.25, 0.3) is 0 Å². The molecule has 1 amide bonds. The van der Waals surface area contributed by atoms with Gasteiger partial charge in [-0.25, -0.2) is 4.79 Å². The molecular formula is C46H45N3O5. The third-order valence-electron chi connectivity index (χ3n) is 9.71. The smallest absolute Gasteiger partial charge is 0.411 e. The number of carbonyl (C=O) groups is 2. The minimum Gasteiger partial charge on any atom is -0.497 e. The zero-order valence-electron chi connectivity index (χ0n) is 31.8. The predicted octanol–water partition coefficient (Wildman–Crippen LogP) is 11.9. The highest BCUT2D eigenvalue weighted by Crippen LogP contribution is 2.50. The maximum absolute atomic E-state index is 14.6. The summed E-state index contributed by atoms with van der Waals surface area (Å²) in [5.41, 5.74) is 7.11. The second kappa shape index (κ2) is 14.3. The lowest BCUT2D eigenvalue weighted by atomic mass is 9.72. The normalized spacial score (nSPS) is 12.2. The summed E-state index contributed by atoms with van der Waals surface area (Å²) in [6.45, 7) is 13.3. The molecule has 6 aromatic rings. The fraction of sp³-hybridized carbons (Fsp3) is 0.239. The Morgan fingerprint density at radius 2 is 1.41 bits per heavy atom. The van der Waals surface area contributed by atoms with Crippen molar-refractivity contribution < 1.29 is 23.8 Å². The van der Waals surface area contributed by atoms with E-state index in [2.05, 4.69) is 57.4 Å². The first kappa shape index (κ1) is 36.2. The second-order valence-electron chi connectivity index (χ2n) is 15.4. The van der Waals surface area contributed by atoms with Crippen LogP contribution in [0.5, 0.6) is 17.2 Å². The van der Waals surface area contributed by atoms with Crippen LogP contribution in [-0.2, 0) is 10.2 Å². The number of pyridine rings is 1. The molecule has 0 aliphatic heterocycles. The van der Waals surface area contributed by atoms with Crippen molar-refractivity contribution in [1.29, 1.82) is 0 Å². The summed E-state index contributed by atoms with van der Waals surface area (Å²) < 4.78 is 17.4. The molecule has 0 saturated carbocycles. The van der Waals surface area contributed by atoms with Crippen LogP contribution in [0.3, 0.4) is 0 Å². The number of rotatable bonds is 10. The van der Waals surface area contributed by atoms with E-state index >= 15 is 0 Å². The molecule has 0 radical (unpaired) electrons. The van der Waals surface area contributed by atoms with Gasteiger partial charge in [-0.05, 0) is 77.8 Å². The molecule has 0 saturated heterocycles. The van der Waals surface area contributed by atoms with E-state index < -0.39 is 6.09 Å². The highest BCUT2D eigenvalue weighted by atomic mass is 16.5. The Bertz CT molecular complexity index is 2370. The van der Waals surface area contributed by atoms with Crippen molar-refractivity contribution in [1.82, 2.24) is 4.98 Å². The van der Waals surface area contributed by atoms with Gasteiger partial charge >= 0.3 is 6.09 Å². The molecule has 1 heterocycles. The van der Waals surface area contributed by atoms with E-state index in [-0.39, 0.29) is 23.2 Å². The number of benzene rings is 5. The van der Waals surface area contributed by atoms with E-state index in [1.807, 2.05) is 91.0 Å². The van der Waals surface area contributed by atoms with Gasteiger partial charge in [-0.2, -0.15) is 0 Å². The minimum atomic E-state index is -0.565. The van der Waals surface area contributed by atoms with E-state index in [1.165, 1.54) is 5.56 Å². The Balaban J connectivity index is 1.45. The van der Waals surface area contributed by atoms with Gasteiger partial charge in [0.15, 0.2) is 5.78 Å². The number of ether oxygens (including phenoxy) is 3. The van der Waals surface area contributed by atoms with Gasteiger partial charge in [0.05, 0.1) is 36.3 Å². The largest absolute Gasteiger partial charge is 0.497 e. The van der Waals surface area contributed by atoms with Crippen molar-refractivity contribution in [3.8, 4) is 39.6 Å². The van der Waals surface area contributed by atoms with Gasteiger partial charge in [0, 0.05) is 45.4 Å². The summed E-state index contributed by atoms with van der Waals surface area (Å²) in [5.74, 6) is 1.80. The zero-order chi connectivity index (χ0) is 38.2. The Hall–Kier alpha value is -6.15. The lowest BCUT2D eigenvalue weighted by Gasteiger charge is -2.33. The van der Waals surface area contributed by atoms with Crippen LogP contribution in [0.15, 0.2) is 109 Å². The molecule has 0 fully saturated rings. The molecule has 1 aliphatic carbocycles. The highest BCUT2D eigenvalue weighted by Gasteiger charge is 2.33. The number of anilines is 3. The van der Waals surface area contributed by atoms with Gasteiger partial charge < -0.3 is 19.5 Å². The Kier molecular flexibility index (Phi) is 9.62. The summed E-state index contributed by atoms with van der Waals surface area (Å²) >= 11 is 0.